The van der Waals surface area contributed by atoms with E-state index in [0.29, 0.717) is 24.5 Å². The molecule has 0 saturated carbocycles. The maximum Gasteiger partial charge on any atom is 0.224 e. The van der Waals surface area contributed by atoms with Gasteiger partial charge in [-0.3, -0.25) is 14.2 Å². The van der Waals surface area contributed by atoms with E-state index >= 15 is 0 Å². The molecule has 0 aliphatic rings. The van der Waals surface area contributed by atoms with Crippen LogP contribution in [-0.2, 0) is 24.9 Å². The predicted molar refractivity (Wildman–Crippen MR) is 79.2 cm³/mol. The molecule has 108 valence electrons. The maximum absolute atomic E-state index is 12.1. The molecule has 0 saturated heterocycles. The van der Waals surface area contributed by atoms with E-state index in [1.54, 1.807) is 39.9 Å². The number of carbonyl (C=O) groups excluding carboxylic acids is 1. The normalized spacial score (nSPS) is 10.8. The molecular weight excluding hydrogens is 346 g/mol. The van der Waals surface area contributed by atoms with Gasteiger partial charge in [0.15, 0.2) is 0 Å². The molecule has 0 bridgehead atoms. The van der Waals surface area contributed by atoms with E-state index in [-0.39, 0.29) is 5.91 Å². The lowest BCUT2D eigenvalue weighted by atomic mass is 10.3. The lowest BCUT2D eigenvalue weighted by Crippen LogP contribution is -2.28. The Balaban J connectivity index is 1.89. The van der Waals surface area contributed by atoms with Crippen molar-refractivity contribution in [3.8, 4) is 0 Å². The Morgan fingerprint density at radius 3 is 2.75 bits per heavy atom. The van der Waals surface area contributed by atoms with E-state index in [0.717, 1.165) is 10.2 Å². The summed E-state index contributed by atoms with van der Waals surface area (Å²) in [5.74, 6) is 0.0460. The van der Waals surface area contributed by atoms with Crippen molar-refractivity contribution in [2.45, 2.75) is 19.5 Å². The van der Waals surface area contributed by atoms with Crippen molar-refractivity contribution in [3.63, 3.8) is 0 Å². The molecule has 0 fully saturated rings. The van der Waals surface area contributed by atoms with Gasteiger partial charge >= 0.3 is 0 Å². The first-order valence-corrected chi connectivity index (χ1v) is 7.22. The van der Waals surface area contributed by atoms with Crippen molar-refractivity contribution >= 4 is 33.4 Å². The second-order valence-electron chi connectivity index (χ2n) is 4.48. The molecule has 0 radical (unpaired) electrons. The summed E-state index contributed by atoms with van der Waals surface area (Å²) in [6, 6.07) is 0. The van der Waals surface area contributed by atoms with E-state index < -0.39 is 0 Å². The van der Waals surface area contributed by atoms with Gasteiger partial charge in [-0.15, -0.1) is 0 Å². The van der Waals surface area contributed by atoms with Crippen molar-refractivity contribution in [2.24, 2.45) is 7.05 Å². The van der Waals surface area contributed by atoms with E-state index in [1.165, 1.54) is 0 Å². The number of hydrogen-bond acceptors (Lipinski definition) is 3. The number of rotatable bonds is 5. The summed E-state index contributed by atoms with van der Waals surface area (Å²) in [5, 5.41) is 8.75. The van der Waals surface area contributed by atoms with Gasteiger partial charge in [0.1, 0.15) is 0 Å². The van der Waals surface area contributed by atoms with Crippen molar-refractivity contribution in [3.05, 3.63) is 33.8 Å². The maximum atomic E-state index is 12.1. The second-order valence-corrected chi connectivity index (χ2v) is 5.78. The third-order valence-corrected chi connectivity index (χ3v) is 3.84. The monoisotopic (exact) mass is 359 g/mol. The van der Waals surface area contributed by atoms with Crippen LogP contribution in [0.15, 0.2) is 23.1 Å². The van der Waals surface area contributed by atoms with Crippen LogP contribution in [0.1, 0.15) is 12.1 Å². The second kappa shape index (κ2) is 6.41. The molecule has 0 spiro atoms. The molecule has 2 aromatic rings. The molecule has 1 amide bonds. The highest BCUT2D eigenvalue weighted by molar-refractivity contribution is 9.10. The van der Waals surface area contributed by atoms with Crippen LogP contribution in [0.2, 0.25) is 5.02 Å². The molecule has 8 heteroatoms. The number of halogens is 2. The fourth-order valence-corrected chi connectivity index (χ4v) is 2.42. The summed E-state index contributed by atoms with van der Waals surface area (Å²) in [5.41, 5.74) is 0.961. The molecule has 0 atom stereocenters. The minimum Gasteiger partial charge on any atom is -0.340 e. The highest BCUT2D eigenvalue weighted by atomic mass is 79.9. The Kier molecular flexibility index (Phi) is 4.82. The fraction of sp³-hybridized carbons (Fsp3) is 0.417. The van der Waals surface area contributed by atoms with Crippen LogP contribution in [0.3, 0.4) is 0 Å². The first-order valence-electron chi connectivity index (χ1n) is 6.05. The Labute approximate surface area is 130 Å². The largest absolute Gasteiger partial charge is 0.340 e. The minimum absolute atomic E-state index is 0.0460. The van der Waals surface area contributed by atoms with Gasteiger partial charge in [-0.25, -0.2) is 0 Å². The summed E-state index contributed by atoms with van der Waals surface area (Å²) in [6.45, 7) is 1.03. The summed E-state index contributed by atoms with van der Waals surface area (Å²) in [4.78, 5) is 13.8. The Morgan fingerprint density at radius 1 is 1.45 bits per heavy atom. The Hall–Kier alpha value is -1.34. The van der Waals surface area contributed by atoms with Crippen molar-refractivity contribution < 1.29 is 4.79 Å². The molecule has 0 N–H and O–H groups in total. The van der Waals surface area contributed by atoms with Crippen molar-refractivity contribution in [1.29, 1.82) is 0 Å². The summed E-state index contributed by atoms with van der Waals surface area (Å²) in [6.07, 6.45) is 5.36. The lowest BCUT2D eigenvalue weighted by Gasteiger charge is -2.17. The van der Waals surface area contributed by atoms with Gasteiger partial charge in [0.05, 0.1) is 34.1 Å². The standard InChI is InChI=1S/C12H15BrClN5O/c1-17(8-11-10(13)6-15-18(11)2)12(20)3-4-19-7-9(14)5-16-19/h5-7H,3-4,8H2,1-2H3. The molecule has 0 aliphatic carbocycles. The molecular formula is C12H15BrClN5O. The molecule has 0 aromatic carbocycles. The van der Waals surface area contributed by atoms with Crippen LogP contribution in [0.25, 0.3) is 0 Å². The quantitative estimate of drug-likeness (QED) is 0.820. The third-order valence-electron chi connectivity index (χ3n) is 2.98. The first-order chi connectivity index (χ1) is 9.47. The number of aromatic nitrogens is 4. The summed E-state index contributed by atoms with van der Waals surface area (Å²) >= 11 is 9.20. The lowest BCUT2D eigenvalue weighted by molar-refractivity contribution is -0.130. The molecule has 20 heavy (non-hydrogen) atoms. The summed E-state index contributed by atoms with van der Waals surface area (Å²) < 4.78 is 4.31. The van der Waals surface area contributed by atoms with E-state index in [1.807, 2.05) is 7.05 Å². The molecule has 0 aliphatic heterocycles. The van der Waals surface area contributed by atoms with E-state index in [4.69, 9.17) is 11.6 Å². The Morgan fingerprint density at radius 2 is 2.20 bits per heavy atom. The number of amides is 1. The molecule has 6 nitrogen and oxygen atoms in total. The van der Waals surface area contributed by atoms with Crippen LogP contribution in [0.4, 0.5) is 0 Å². The van der Waals surface area contributed by atoms with Crippen LogP contribution in [0.5, 0.6) is 0 Å². The van der Waals surface area contributed by atoms with Crippen molar-refractivity contribution in [2.75, 3.05) is 7.05 Å². The molecule has 2 heterocycles. The molecule has 0 unspecified atom stereocenters. The van der Waals surface area contributed by atoms with Gasteiger partial charge in [0.2, 0.25) is 5.91 Å². The Bertz CT molecular complexity index is 589. The average Bonchev–Trinajstić information content (AvgIpc) is 2.96. The summed E-state index contributed by atoms with van der Waals surface area (Å²) in [7, 11) is 3.63. The van der Waals surface area contributed by atoms with Gasteiger partial charge in [0, 0.05) is 33.3 Å². The number of hydrogen-bond donors (Lipinski definition) is 0. The van der Waals surface area contributed by atoms with E-state index in [9.17, 15) is 4.79 Å². The van der Waals surface area contributed by atoms with Crippen LogP contribution in [0, 0.1) is 0 Å². The van der Waals surface area contributed by atoms with Gasteiger partial charge in [0.25, 0.3) is 0 Å². The third kappa shape index (κ3) is 3.61. The van der Waals surface area contributed by atoms with Crippen LogP contribution < -0.4 is 0 Å². The smallest absolute Gasteiger partial charge is 0.224 e. The predicted octanol–water partition coefficient (Wildman–Crippen LogP) is 2.08. The zero-order valence-corrected chi connectivity index (χ0v) is 13.6. The molecule has 2 aromatic heterocycles. The highest BCUT2D eigenvalue weighted by Crippen LogP contribution is 2.16. The van der Waals surface area contributed by atoms with Crippen molar-refractivity contribution in [1.82, 2.24) is 24.5 Å². The van der Waals surface area contributed by atoms with Gasteiger partial charge in [-0.1, -0.05) is 11.6 Å². The zero-order valence-electron chi connectivity index (χ0n) is 11.3. The van der Waals surface area contributed by atoms with Gasteiger partial charge in [-0.05, 0) is 15.9 Å². The van der Waals surface area contributed by atoms with Crippen LogP contribution in [-0.4, -0.2) is 37.4 Å². The highest BCUT2D eigenvalue weighted by Gasteiger charge is 2.14. The van der Waals surface area contributed by atoms with E-state index in [2.05, 4.69) is 26.1 Å². The van der Waals surface area contributed by atoms with Crippen LogP contribution >= 0.6 is 27.5 Å². The number of aryl methyl sites for hydroxylation is 2. The average molecular weight is 361 g/mol. The zero-order chi connectivity index (χ0) is 14.7. The van der Waals surface area contributed by atoms with Gasteiger partial charge < -0.3 is 4.90 Å². The topological polar surface area (TPSA) is 56.0 Å². The number of carbonyl (C=O) groups is 1. The first kappa shape index (κ1) is 15.1. The number of nitrogens with zero attached hydrogens (tertiary/aromatic N) is 5. The fourth-order valence-electron chi connectivity index (χ4n) is 1.79. The van der Waals surface area contributed by atoms with Gasteiger partial charge in [-0.2, -0.15) is 10.2 Å². The minimum atomic E-state index is 0.0460. The molecule has 2 rings (SSSR count). The SMILES string of the molecule is CN(Cc1c(Br)cnn1C)C(=O)CCn1cc(Cl)cn1.